The van der Waals surface area contributed by atoms with Gasteiger partial charge in [-0.3, -0.25) is 14.2 Å². The van der Waals surface area contributed by atoms with E-state index in [0.29, 0.717) is 47.0 Å². The van der Waals surface area contributed by atoms with E-state index >= 15 is 0 Å². The second kappa shape index (κ2) is 10.2. The third-order valence-electron chi connectivity index (χ3n) is 6.49. The van der Waals surface area contributed by atoms with Gasteiger partial charge in [0.2, 0.25) is 5.91 Å². The molecule has 0 N–H and O–H groups in total. The van der Waals surface area contributed by atoms with Crippen molar-refractivity contribution in [2.24, 2.45) is 5.92 Å². The van der Waals surface area contributed by atoms with Crippen molar-refractivity contribution in [2.45, 2.75) is 75.7 Å². The predicted molar refractivity (Wildman–Crippen MR) is 125 cm³/mol. The number of para-hydroxylation sites is 1. The Bertz CT molecular complexity index is 964. The van der Waals surface area contributed by atoms with Crippen molar-refractivity contribution in [3.05, 3.63) is 34.6 Å². The molecule has 0 spiro atoms. The van der Waals surface area contributed by atoms with Crippen LogP contribution in [0.25, 0.3) is 10.9 Å². The Hall–Kier alpha value is -1.86. The lowest BCUT2D eigenvalue weighted by atomic mass is 9.86. The summed E-state index contributed by atoms with van der Waals surface area (Å²) in [4.78, 5) is 33.3. The summed E-state index contributed by atoms with van der Waals surface area (Å²) in [5.41, 5.74) is 0.641. The van der Waals surface area contributed by atoms with Crippen LogP contribution >= 0.6 is 11.8 Å². The molecule has 0 bridgehead atoms. The van der Waals surface area contributed by atoms with E-state index in [9.17, 15) is 9.59 Å². The van der Waals surface area contributed by atoms with Crippen LogP contribution in [0.3, 0.4) is 0 Å². The number of benzene rings is 1. The number of hydrogen-bond acceptors (Lipinski definition) is 5. The van der Waals surface area contributed by atoms with Gasteiger partial charge >= 0.3 is 0 Å². The molecule has 2 saturated carbocycles. The molecular weight excluding hydrogens is 410 g/mol. The first kappa shape index (κ1) is 22.3. The Morgan fingerprint density at radius 3 is 2.52 bits per heavy atom. The van der Waals surface area contributed by atoms with Crippen molar-refractivity contribution in [1.29, 1.82) is 0 Å². The van der Waals surface area contributed by atoms with Crippen LogP contribution in [0.15, 0.2) is 34.2 Å². The molecule has 2 aliphatic rings. The summed E-state index contributed by atoms with van der Waals surface area (Å²) in [6, 6.07) is 8.23. The van der Waals surface area contributed by atoms with Crippen molar-refractivity contribution >= 4 is 28.6 Å². The fourth-order valence-corrected chi connectivity index (χ4v) is 5.50. The second-order valence-electron chi connectivity index (χ2n) is 8.95. The van der Waals surface area contributed by atoms with Crippen LogP contribution in [0.4, 0.5) is 0 Å². The number of aromatic nitrogens is 2. The zero-order chi connectivity index (χ0) is 21.8. The number of ether oxygens (including phenoxy) is 1. The average molecular weight is 444 g/mol. The minimum Gasteiger partial charge on any atom is -0.385 e. The molecule has 1 aromatic heterocycles. The summed E-state index contributed by atoms with van der Waals surface area (Å²) in [6.07, 6.45) is 7.62. The Morgan fingerprint density at radius 1 is 1.16 bits per heavy atom. The molecule has 0 radical (unpaired) electrons. The fourth-order valence-electron chi connectivity index (χ4n) is 4.60. The standard InChI is InChI=1S/C24H33N3O3S/c1-17-8-10-18(11-9-17)27(19-12-13-19)22(28)16-31-24-25-21-7-4-3-6-20(21)23(29)26(24)14-5-15-30-2/h3-4,6-7,17-19H,5,8-16H2,1-2H3. The third-order valence-corrected chi connectivity index (χ3v) is 7.45. The molecule has 1 amide bonds. The SMILES string of the molecule is COCCCn1c(SCC(=O)N(C2CCC(C)CC2)C2CC2)nc2ccccc2c1=O. The Balaban J connectivity index is 1.52. The average Bonchev–Trinajstić information content (AvgIpc) is 3.61. The monoisotopic (exact) mass is 443 g/mol. The van der Waals surface area contributed by atoms with Gasteiger partial charge in [-0.15, -0.1) is 0 Å². The lowest BCUT2D eigenvalue weighted by molar-refractivity contribution is -0.132. The molecule has 6 nitrogen and oxygen atoms in total. The van der Waals surface area contributed by atoms with Crippen LogP contribution < -0.4 is 5.56 Å². The van der Waals surface area contributed by atoms with Gasteiger partial charge in [-0.2, -0.15) is 0 Å². The highest BCUT2D eigenvalue weighted by atomic mass is 32.2. The molecule has 0 atom stereocenters. The zero-order valence-electron chi connectivity index (χ0n) is 18.6. The molecule has 0 saturated heterocycles. The van der Waals surface area contributed by atoms with E-state index in [4.69, 9.17) is 9.72 Å². The van der Waals surface area contributed by atoms with Crippen molar-refractivity contribution in [2.75, 3.05) is 19.5 Å². The summed E-state index contributed by atoms with van der Waals surface area (Å²) in [5, 5.41) is 1.24. The highest BCUT2D eigenvalue weighted by molar-refractivity contribution is 7.99. The van der Waals surface area contributed by atoms with Crippen LogP contribution in [0.2, 0.25) is 0 Å². The smallest absolute Gasteiger partial charge is 0.262 e. The van der Waals surface area contributed by atoms with Gasteiger partial charge in [0.25, 0.3) is 5.56 Å². The van der Waals surface area contributed by atoms with E-state index in [0.717, 1.165) is 38.0 Å². The van der Waals surface area contributed by atoms with E-state index < -0.39 is 0 Å². The van der Waals surface area contributed by atoms with E-state index in [2.05, 4.69) is 11.8 Å². The number of methoxy groups -OCH3 is 1. The van der Waals surface area contributed by atoms with E-state index in [1.807, 2.05) is 24.3 Å². The predicted octanol–water partition coefficient (Wildman–Crippen LogP) is 4.09. The first-order valence-electron chi connectivity index (χ1n) is 11.5. The minimum absolute atomic E-state index is 0.0445. The number of nitrogens with zero attached hydrogens (tertiary/aromatic N) is 3. The highest BCUT2D eigenvalue weighted by Crippen LogP contribution is 2.36. The molecule has 7 heteroatoms. The first-order valence-corrected chi connectivity index (χ1v) is 12.5. The van der Waals surface area contributed by atoms with Crippen LogP contribution in [-0.4, -0.2) is 51.9 Å². The lowest BCUT2D eigenvalue weighted by Crippen LogP contribution is -2.44. The van der Waals surface area contributed by atoms with Crippen LogP contribution in [0, 0.1) is 5.92 Å². The maximum atomic E-state index is 13.3. The molecule has 1 aromatic carbocycles. The summed E-state index contributed by atoms with van der Waals surface area (Å²) in [6.45, 7) is 3.43. The summed E-state index contributed by atoms with van der Waals surface area (Å²) in [7, 11) is 1.66. The fraction of sp³-hybridized carbons (Fsp3) is 0.625. The van der Waals surface area contributed by atoms with Crippen molar-refractivity contribution < 1.29 is 9.53 Å². The van der Waals surface area contributed by atoms with E-state index in [1.165, 1.54) is 24.6 Å². The summed E-state index contributed by atoms with van der Waals surface area (Å²) < 4.78 is 6.88. The molecular formula is C24H33N3O3S. The maximum Gasteiger partial charge on any atom is 0.262 e. The van der Waals surface area contributed by atoms with Crippen LogP contribution in [-0.2, 0) is 16.1 Å². The number of rotatable bonds is 9. The van der Waals surface area contributed by atoms with Crippen LogP contribution in [0.1, 0.15) is 51.9 Å². The molecule has 1 heterocycles. The largest absolute Gasteiger partial charge is 0.385 e. The molecule has 4 rings (SSSR count). The number of fused-ring (bicyclic) bond motifs is 1. The topological polar surface area (TPSA) is 64.4 Å². The molecule has 0 aliphatic heterocycles. The number of carbonyl (C=O) groups excluding carboxylic acids is 1. The van der Waals surface area contributed by atoms with Crippen molar-refractivity contribution in [3.8, 4) is 0 Å². The molecule has 0 unspecified atom stereocenters. The van der Waals surface area contributed by atoms with Gasteiger partial charge in [-0.1, -0.05) is 30.8 Å². The number of hydrogen-bond donors (Lipinski definition) is 0. The Labute approximate surface area is 188 Å². The highest BCUT2D eigenvalue weighted by Gasteiger charge is 2.38. The van der Waals surface area contributed by atoms with Crippen LogP contribution in [0.5, 0.6) is 0 Å². The molecule has 2 aliphatic carbocycles. The van der Waals surface area contributed by atoms with Gasteiger partial charge in [0.1, 0.15) is 0 Å². The number of thioether (sulfide) groups is 1. The molecule has 2 fully saturated rings. The van der Waals surface area contributed by atoms with Crippen molar-refractivity contribution in [1.82, 2.24) is 14.5 Å². The van der Waals surface area contributed by atoms with Gasteiger partial charge in [0, 0.05) is 32.3 Å². The number of carbonyl (C=O) groups is 1. The van der Waals surface area contributed by atoms with E-state index in [-0.39, 0.29) is 11.5 Å². The maximum absolute atomic E-state index is 13.3. The quantitative estimate of drug-likeness (QED) is 0.332. The zero-order valence-corrected chi connectivity index (χ0v) is 19.4. The Morgan fingerprint density at radius 2 is 1.84 bits per heavy atom. The van der Waals surface area contributed by atoms with Gasteiger partial charge in [-0.25, -0.2) is 4.98 Å². The lowest BCUT2D eigenvalue weighted by Gasteiger charge is -2.36. The first-order chi connectivity index (χ1) is 15.1. The normalized spacial score (nSPS) is 21.4. The summed E-state index contributed by atoms with van der Waals surface area (Å²) in [5.74, 6) is 1.29. The van der Waals surface area contributed by atoms with Gasteiger partial charge in [-0.05, 0) is 63.0 Å². The van der Waals surface area contributed by atoms with Crippen molar-refractivity contribution in [3.63, 3.8) is 0 Å². The van der Waals surface area contributed by atoms with Gasteiger partial charge in [0.15, 0.2) is 5.16 Å². The minimum atomic E-state index is -0.0445. The second-order valence-corrected chi connectivity index (χ2v) is 9.89. The van der Waals surface area contributed by atoms with E-state index in [1.54, 1.807) is 11.7 Å². The molecule has 2 aromatic rings. The molecule has 31 heavy (non-hydrogen) atoms. The number of amides is 1. The molecule has 168 valence electrons. The Kier molecular flexibility index (Phi) is 7.33. The third kappa shape index (κ3) is 5.32. The summed E-state index contributed by atoms with van der Waals surface area (Å²) >= 11 is 1.40. The van der Waals surface area contributed by atoms with Gasteiger partial charge < -0.3 is 9.64 Å². The van der Waals surface area contributed by atoms with Gasteiger partial charge in [0.05, 0.1) is 16.7 Å².